The first-order valence-corrected chi connectivity index (χ1v) is 6.38. The zero-order chi connectivity index (χ0) is 14.4. The molecule has 1 aromatic carbocycles. The van der Waals surface area contributed by atoms with E-state index in [0.717, 1.165) is 11.4 Å². The number of aromatic nitrogens is 1. The van der Waals surface area contributed by atoms with Gasteiger partial charge in [-0.2, -0.15) is 0 Å². The van der Waals surface area contributed by atoms with Gasteiger partial charge < -0.3 is 10.6 Å². The van der Waals surface area contributed by atoms with Gasteiger partial charge in [0.25, 0.3) is 5.91 Å². The molecule has 0 bridgehead atoms. The van der Waals surface area contributed by atoms with E-state index in [1.807, 2.05) is 37.3 Å². The van der Waals surface area contributed by atoms with E-state index in [9.17, 15) is 4.79 Å². The summed E-state index contributed by atoms with van der Waals surface area (Å²) in [6, 6.07) is 11.6. The van der Waals surface area contributed by atoms with Gasteiger partial charge in [-0.15, -0.1) is 6.58 Å². The fourth-order valence-corrected chi connectivity index (χ4v) is 1.78. The molecule has 2 N–H and O–H groups in total. The van der Waals surface area contributed by atoms with Crippen molar-refractivity contribution in [1.29, 1.82) is 0 Å². The average molecular weight is 267 g/mol. The second kappa shape index (κ2) is 6.52. The lowest BCUT2D eigenvalue weighted by Crippen LogP contribution is -2.24. The van der Waals surface area contributed by atoms with Gasteiger partial charge in [0.2, 0.25) is 0 Å². The summed E-state index contributed by atoms with van der Waals surface area (Å²) in [5, 5.41) is 5.96. The molecular weight excluding hydrogens is 250 g/mol. The molecule has 20 heavy (non-hydrogen) atoms. The van der Waals surface area contributed by atoms with Gasteiger partial charge in [0.15, 0.2) is 0 Å². The highest BCUT2D eigenvalue weighted by Crippen LogP contribution is 2.17. The number of hydrogen-bond acceptors (Lipinski definition) is 3. The lowest BCUT2D eigenvalue weighted by atomic mass is 10.2. The maximum absolute atomic E-state index is 11.8. The number of carbonyl (C=O) groups is 1. The van der Waals surface area contributed by atoms with Gasteiger partial charge in [-0.1, -0.05) is 18.2 Å². The molecular formula is C16H17N3O. The maximum atomic E-state index is 11.8. The van der Waals surface area contributed by atoms with Gasteiger partial charge in [0.1, 0.15) is 5.69 Å². The smallest absolute Gasteiger partial charge is 0.270 e. The van der Waals surface area contributed by atoms with E-state index in [4.69, 9.17) is 0 Å². The van der Waals surface area contributed by atoms with Gasteiger partial charge >= 0.3 is 0 Å². The van der Waals surface area contributed by atoms with Crippen molar-refractivity contribution in [3.05, 3.63) is 66.5 Å². The van der Waals surface area contributed by atoms with Gasteiger partial charge in [0.05, 0.1) is 0 Å². The zero-order valence-corrected chi connectivity index (χ0v) is 11.4. The normalized spacial score (nSPS) is 9.85. The molecule has 0 saturated carbocycles. The van der Waals surface area contributed by atoms with Crippen LogP contribution in [0.25, 0.3) is 0 Å². The largest absolute Gasteiger partial charge is 0.355 e. The number of anilines is 2. The predicted molar refractivity (Wildman–Crippen MR) is 81.2 cm³/mol. The Bertz CT molecular complexity index is 623. The molecule has 0 radical (unpaired) electrons. The van der Waals surface area contributed by atoms with E-state index in [2.05, 4.69) is 22.2 Å². The van der Waals surface area contributed by atoms with Crippen molar-refractivity contribution in [2.24, 2.45) is 0 Å². The minimum absolute atomic E-state index is 0.210. The molecule has 0 unspecified atom stereocenters. The molecule has 0 aliphatic rings. The van der Waals surface area contributed by atoms with Gasteiger partial charge in [-0.05, 0) is 36.8 Å². The highest BCUT2D eigenvalue weighted by Gasteiger charge is 2.06. The molecule has 4 nitrogen and oxygen atoms in total. The molecule has 0 aliphatic heterocycles. The zero-order valence-electron chi connectivity index (χ0n) is 11.4. The van der Waals surface area contributed by atoms with Gasteiger partial charge in [0, 0.05) is 24.1 Å². The number of rotatable bonds is 5. The summed E-state index contributed by atoms with van der Waals surface area (Å²) in [4.78, 5) is 15.9. The molecule has 0 saturated heterocycles. The van der Waals surface area contributed by atoms with E-state index >= 15 is 0 Å². The van der Waals surface area contributed by atoms with E-state index in [-0.39, 0.29) is 5.91 Å². The quantitative estimate of drug-likeness (QED) is 0.819. The Morgan fingerprint density at radius 3 is 2.85 bits per heavy atom. The Balaban J connectivity index is 2.13. The molecule has 4 heteroatoms. The second-order valence-electron chi connectivity index (χ2n) is 4.42. The molecule has 0 aliphatic carbocycles. The molecule has 1 heterocycles. The molecule has 2 rings (SSSR count). The first-order valence-electron chi connectivity index (χ1n) is 6.38. The fourth-order valence-electron chi connectivity index (χ4n) is 1.78. The molecule has 2 aromatic rings. The first-order chi connectivity index (χ1) is 9.69. The lowest BCUT2D eigenvalue weighted by molar-refractivity contribution is 0.0953. The van der Waals surface area contributed by atoms with Crippen molar-refractivity contribution in [3.63, 3.8) is 0 Å². The van der Waals surface area contributed by atoms with Crippen molar-refractivity contribution in [2.75, 3.05) is 11.9 Å². The van der Waals surface area contributed by atoms with Crippen LogP contribution in [0.2, 0.25) is 0 Å². The Morgan fingerprint density at radius 1 is 1.30 bits per heavy atom. The van der Waals surface area contributed by atoms with E-state index in [0.29, 0.717) is 12.2 Å². The number of aryl methyl sites for hydroxylation is 1. The summed E-state index contributed by atoms with van der Waals surface area (Å²) in [6.45, 7) is 6.02. The third kappa shape index (κ3) is 3.68. The van der Waals surface area contributed by atoms with Crippen LogP contribution in [0.3, 0.4) is 0 Å². The van der Waals surface area contributed by atoms with Crippen LogP contribution in [0.15, 0.2) is 55.3 Å². The van der Waals surface area contributed by atoms with Crippen LogP contribution in [0.1, 0.15) is 16.1 Å². The van der Waals surface area contributed by atoms with Crippen LogP contribution < -0.4 is 10.6 Å². The van der Waals surface area contributed by atoms with Crippen LogP contribution >= 0.6 is 0 Å². The summed E-state index contributed by atoms with van der Waals surface area (Å²) < 4.78 is 0. The molecule has 1 amide bonds. The first kappa shape index (κ1) is 13.8. The number of nitrogens with zero attached hydrogens (tertiary/aromatic N) is 1. The number of amides is 1. The minimum Gasteiger partial charge on any atom is -0.355 e. The van der Waals surface area contributed by atoms with Crippen molar-refractivity contribution in [3.8, 4) is 0 Å². The standard InChI is InChI=1S/C16H17N3O/c1-3-8-18-16(20)15-11-14(7-9-17-15)19-13-6-4-5-12(2)10-13/h3-7,9-11H,1,8H2,2H3,(H,17,19)(H,18,20). The Labute approximate surface area is 118 Å². The number of benzene rings is 1. The summed E-state index contributed by atoms with van der Waals surface area (Å²) >= 11 is 0. The Kier molecular flexibility index (Phi) is 4.50. The van der Waals surface area contributed by atoms with Crippen LogP contribution in [0, 0.1) is 6.92 Å². The fraction of sp³-hybridized carbons (Fsp3) is 0.125. The third-order valence-electron chi connectivity index (χ3n) is 2.71. The predicted octanol–water partition coefficient (Wildman–Crippen LogP) is 3.05. The molecule has 0 fully saturated rings. The highest BCUT2D eigenvalue weighted by molar-refractivity contribution is 5.93. The number of nitrogens with one attached hydrogen (secondary N) is 2. The summed E-state index contributed by atoms with van der Waals surface area (Å²) in [5.41, 5.74) is 3.36. The van der Waals surface area contributed by atoms with Crippen LogP contribution in [-0.4, -0.2) is 17.4 Å². The average Bonchev–Trinajstić information content (AvgIpc) is 2.45. The van der Waals surface area contributed by atoms with Crippen molar-refractivity contribution in [1.82, 2.24) is 10.3 Å². The highest BCUT2D eigenvalue weighted by atomic mass is 16.1. The van der Waals surface area contributed by atoms with Gasteiger partial charge in [-0.25, -0.2) is 0 Å². The molecule has 0 atom stereocenters. The van der Waals surface area contributed by atoms with E-state index < -0.39 is 0 Å². The SMILES string of the molecule is C=CCNC(=O)c1cc(Nc2cccc(C)c2)ccn1. The lowest BCUT2D eigenvalue weighted by Gasteiger charge is -2.08. The molecule has 0 spiro atoms. The topological polar surface area (TPSA) is 54.0 Å². The van der Waals surface area contributed by atoms with Gasteiger partial charge in [-0.3, -0.25) is 9.78 Å². The van der Waals surface area contributed by atoms with E-state index in [1.54, 1.807) is 18.3 Å². The third-order valence-corrected chi connectivity index (χ3v) is 2.71. The summed E-state index contributed by atoms with van der Waals surface area (Å²) in [7, 11) is 0. The Morgan fingerprint density at radius 2 is 2.10 bits per heavy atom. The number of carbonyl (C=O) groups excluding carboxylic acids is 1. The number of pyridine rings is 1. The van der Waals surface area contributed by atoms with Crippen molar-refractivity contribution < 1.29 is 4.79 Å². The van der Waals surface area contributed by atoms with Crippen LogP contribution in [0.5, 0.6) is 0 Å². The van der Waals surface area contributed by atoms with E-state index in [1.165, 1.54) is 5.56 Å². The Hall–Kier alpha value is -2.62. The monoisotopic (exact) mass is 267 g/mol. The van der Waals surface area contributed by atoms with Crippen molar-refractivity contribution >= 4 is 17.3 Å². The number of hydrogen-bond donors (Lipinski definition) is 2. The van der Waals surface area contributed by atoms with Crippen molar-refractivity contribution in [2.45, 2.75) is 6.92 Å². The molecule has 102 valence electrons. The summed E-state index contributed by atoms with van der Waals surface area (Å²) in [5.74, 6) is -0.210. The minimum atomic E-state index is -0.210. The van der Waals surface area contributed by atoms with Crippen LogP contribution in [-0.2, 0) is 0 Å². The molecule has 1 aromatic heterocycles. The second-order valence-corrected chi connectivity index (χ2v) is 4.42. The maximum Gasteiger partial charge on any atom is 0.270 e. The van der Waals surface area contributed by atoms with Crippen LogP contribution in [0.4, 0.5) is 11.4 Å². The summed E-state index contributed by atoms with van der Waals surface area (Å²) in [6.07, 6.45) is 3.24.